The highest BCUT2D eigenvalue weighted by molar-refractivity contribution is 6.28. The third-order valence-corrected chi connectivity index (χ3v) is 5.26. The Labute approximate surface area is 214 Å². The molecule has 1 N–H and O–H groups in total. The molecule has 4 rings (SSSR count). The van der Waals surface area contributed by atoms with Crippen molar-refractivity contribution in [3.63, 3.8) is 0 Å². The molecule has 37 heavy (non-hydrogen) atoms. The van der Waals surface area contributed by atoms with E-state index in [1.807, 2.05) is 0 Å². The number of urea groups is 1. The Morgan fingerprint density at radius 1 is 0.838 bits per heavy atom. The fourth-order valence-electron chi connectivity index (χ4n) is 3.93. The largest absolute Gasteiger partial charge is 0.455 e. The summed E-state index contributed by atoms with van der Waals surface area (Å²) < 4.78 is 12.4. The number of aromatic nitrogens is 1. The van der Waals surface area contributed by atoms with E-state index in [4.69, 9.17) is 9.47 Å². The van der Waals surface area contributed by atoms with Crippen LogP contribution in [0.2, 0.25) is 0 Å². The van der Waals surface area contributed by atoms with Gasteiger partial charge < -0.3 is 14.8 Å². The first kappa shape index (κ1) is 25.7. The molecule has 3 aromatic rings. The van der Waals surface area contributed by atoms with Crippen molar-refractivity contribution >= 4 is 46.7 Å². The summed E-state index contributed by atoms with van der Waals surface area (Å²) in [6.07, 6.45) is 0.618. The third kappa shape index (κ3) is 5.25. The number of nitrogens with one attached hydrogen (secondary N) is 1. The molecule has 1 aromatic heterocycles. The minimum atomic E-state index is -0.863. The molecule has 0 saturated carbocycles. The number of rotatable bonds is 3. The van der Waals surface area contributed by atoms with E-state index in [0.29, 0.717) is 16.6 Å². The van der Waals surface area contributed by atoms with Crippen LogP contribution in [0.1, 0.15) is 57.6 Å². The first-order chi connectivity index (χ1) is 17.3. The second-order valence-electron chi connectivity index (χ2n) is 10.6. The topological polar surface area (TPSA) is 107 Å². The second kappa shape index (κ2) is 9.24. The maximum absolute atomic E-state index is 13.5. The van der Waals surface area contributed by atoms with E-state index in [0.717, 1.165) is 9.47 Å². The van der Waals surface area contributed by atoms with Crippen LogP contribution in [0.25, 0.3) is 17.0 Å². The standard InChI is InChI=1S/C28H29N3O6/c1-27(2,3)36-24(33)22-19(16-20-23(32)30(25(34)29-20)17-12-8-7-9-13-17)18-14-10-11-15-21(18)31(22)26(35)37-28(4,5)6/h7-16H,1-6H3,(H,29,34). The van der Waals surface area contributed by atoms with Gasteiger partial charge in [-0.3, -0.25) is 4.79 Å². The maximum atomic E-state index is 13.5. The van der Waals surface area contributed by atoms with Crippen molar-refractivity contribution in [3.05, 3.63) is 71.6 Å². The summed E-state index contributed by atoms with van der Waals surface area (Å²) in [5.74, 6) is -1.38. The first-order valence-electron chi connectivity index (χ1n) is 11.8. The molecule has 1 fully saturated rings. The van der Waals surface area contributed by atoms with Crippen LogP contribution in [-0.2, 0) is 14.3 Å². The average molecular weight is 504 g/mol. The number of benzene rings is 2. The Morgan fingerprint density at radius 3 is 2.05 bits per heavy atom. The molecule has 9 heteroatoms. The zero-order valence-corrected chi connectivity index (χ0v) is 21.6. The number of ether oxygens (including phenoxy) is 2. The van der Waals surface area contributed by atoms with Crippen molar-refractivity contribution in [1.29, 1.82) is 0 Å². The van der Waals surface area contributed by atoms with Crippen molar-refractivity contribution in [2.45, 2.75) is 52.7 Å². The van der Waals surface area contributed by atoms with Gasteiger partial charge in [0.15, 0.2) is 0 Å². The summed E-state index contributed by atoms with van der Waals surface area (Å²) in [5, 5.41) is 3.08. The van der Waals surface area contributed by atoms with Gasteiger partial charge >= 0.3 is 18.1 Å². The number of amides is 3. The normalized spacial score (nSPS) is 15.3. The Kier molecular flexibility index (Phi) is 6.41. The quantitative estimate of drug-likeness (QED) is 0.288. The third-order valence-electron chi connectivity index (χ3n) is 5.26. The molecule has 0 aliphatic carbocycles. The lowest BCUT2D eigenvalue weighted by molar-refractivity contribution is -0.113. The zero-order chi connectivity index (χ0) is 27.1. The van der Waals surface area contributed by atoms with Gasteiger partial charge in [0.1, 0.15) is 22.6 Å². The molecule has 9 nitrogen and oxygen atoms in total. The van der Waals surface area contributed by atoms with Crippen LogP contribution >= 0.6 is 0 Å². The number of anilines is 1. The van der Waals surface area contributed by atoms with Crippen molar-refractivity contribution in [1.82, 2.24) is 9.88 Å². The van der Waals surface area contributed by atoms with Crippen molar-refractivity contribution in [2.75, 3.05) is 4.90 Å². The van der Waals surface area contributed by atoms with Gasteiger partial charge in [0.05, 0.1) is 11.2 Å². The highest BCUT2D eigenvalue weighted by Gasteiger charge is 2.37. The summed E-state index contributed by atoms with van der Waals surface area (Å²) >= 11 is 0. The smallest absolute Gasteiger partial charge is 0.419 e. The molecule has 192 valence electrons. The van der Waals surface area contributed by atoms with Crippen molar-refractivity contribution < 1.29 is 28.7 Å². The summed E-state index contributed by atoms with van der Waals surface area (Å²) in [5.41, 5.74) is -0.827. The molecule has 1 aliphatic heterocycles. The van der Waals surface area contributed by atoms with E-state index in [1.165, 1.54) is 6.08 Å². The first-order valence-corrected chi connectivity index (χ1v) is 11.8. The van der Waals surface area contributed by atoms with Crippen LogP contribution in [0.15, 0.2) is 60.3 Å². The number of hydrogen-bond donors (Lipinski definition) is 1. The van der Waals surface area contributed by atoms with E-state index >= 15 is 0 Å². The summed E-state index contributed by atoms with van der Waals surface area (Å²) in [6, 6.07) is 14.7. The highest BCUT2D eigenvalue weighted by atomic mass is 16.6. The van der Waals surface area contributed by atoms with Gasteiger partial charge in [-0.1, -0.05) is 36.4 Å². The van der Waals surface area contributed by atoms with Gasteiger partial charge in [-0.2, -0.15) is 0 Å². The average Bonchev–Trinajstić information content (AvgIpc) is 3.26. The lowest BCUT2D eigenvalue weighted by atomic mass is 10.1. The molecule has 0 bridgehead atoms. The van der Waals surface area contributed by atoms with E-state index in [2.05, 4.69) is 5.32 Å². The number of imide groups is 1. The lowest BCUT2D eigenvalue weighted by Crippen LogP contribution is -2.31. The molecule has 0 unspecified atom stereocenters. The Balaban J connectivity index is 1.93. The molecule has 3 amide bonds. The number of carbonyl (C=O) groups excluding carboxylic acids is 4. The minimum Gasteiger partial charge on any atom is -0.455 e. The molecule has 0 spiro atoms. The molecular formula is C28H29N3O6. The van der Waals surface area contributed by atoms with Gasteiger partial charge in [-0.15, -0.1) is 0 Å². The second-order valence-corrected chi connectivity index (χ2v) is 10.6. The number of para-hydroxylation sites is 2. The lowest BCUT2D eigenvalue weighted by Gasteiger charge is -2.23. The molecule has 0 radical (unpaired) electrons. The minimum absolute atomic E-state index is 0.0502. The predicted molar refractivity (Wildman–Crippen MR) is 139 cm³/mol. The van der Waals surface area contributed by atoms with Crippen molar-refractivity contribution in [2.24, 2.45) is 0 Å². The number of fused-ring (bicyclic) bond motifs is 1. The SMILES string of the molecule is CC(C)(C)OC(=O)c1c(C=C2NC(=O)N(c3ccccc3)C2=O)c2ccccc2n1C(=O)OC(C)(C)C. The highest BCUT2D eigenvalue weighted by Crippen LogP contribution is 2.32. The molecule has 2 heterocycles. The van der Waals surface area contributed by atoms with Gasteiger partial charge in [-0.05, 0) is 65.8 Å². The van der Waals surface area contributed by atoms with Crippen LogP contribution in [-0.4, -0.2) is 39.8 Å². The fraction of sp³-hybridized carbons (Fsp3) is 0.286. The van der Waals surface area contributed by atoms with Gasteiger partial charge in [-0.25, -0.2) is 23.9 Å². The number of hydrogen-bond acceptors (Lipinski definition) is 6. The van der Waals surface area contributed by atoms with Crippen molar-refractivity contribution in [3.8, 4) is 0 Å². The summed E-state index contributed by atoms with van der Waals surface area (Å²) in [6.45, 7) is 10.3. The van der Waals surface area contributed by atoms with Crippen LogP contribution in [0.5, 0.6) is 0 Å². The number of nitrogens with zero attached hydrogens (tertiary/aromatic N) is 2. The van der Waals surface area contributed by atoms with Crippen LogP contribution < -0.4 is 10.2 Å². The zero-order valence-electron chi connectivity index (χ0n) is 21.6. The molecule has 2 aromatic carbocycles. The van der Waals surface area contributed by atoms with Crippen LogP contribution in [0.3, 0.4) is 0 Å². The van der Waals surface area contributed by atoms with E-state index in [-0.39, 0.29) is 17.0 Å². The predicted octanol–water partition coefficient (Wildman–Crippen LogP) is 5.48. The van der Waals surface area contributed by atoms with E-state index in [9.17, 15) is 19.2 Å². The fourth-order valence-corrected chi connectivity index (χ4v) is 3.93. The van der Waals surface area contributed by atoms with Crippen LogP contribution in [0, 0.1) is 0 Å². The van der Waals surface area contributed by atoms with Crippen LogP contribution in [0.4, 0.5) is 15.3 Å². The molecular weight excluding hydrogens is 474 g/mol. The van der Waals surface area contributed by atoms with E-state index in [1.54, 1.807) is 96.1 Å². The Bertz CT molecular complexity index is 1440. The number of esters is 1. The molecule has 0 atom stereocenters. The Hall–Kier alpha value is -4.40. The van der Waals surface area contributed by atoms with Gasteiger partial charge in [0, 0.05) is 10.9 Å². The maximum Gasteiger partial charge on any atom is 0.419 e. The van der Waals surface area contributed by atoms with Gasteiger partial charge in [0.25, 0.3) is 5.91 Å². The Morgan fingerprint density at radius 2 is 1.43 bits per heavy atom. The van der Waals surface area contributed by atoms with E-state index < -0.39 is 35.2 Å². The molecule has 1 saturated heterocycles. The molecule has 1 aliphatic rings. The van der Waals surface area contributed by atoms with Gasteiger partial charge in [0.2, 0.25) is 0 Å². The number of carbonyl (C=O) groups is 4. The summed E-state index contributed by atoms with van der Waals surface area (Å²) in [7, 11) is 0. The monoisotopic (exact) mass is 503 g/mol. The summed E-state index contributed by atoms with van der Waals surface area (Å²) in [4.78, 5) is 53.8.